The van der Waals surface area contributed by atoms with E-state index in [-0.39, 0.29) is 5.91 Å². The van der Waals surface area contributed by atoms with Gasteiger partial charge < -0.3 is 16.0 Å². The molecule has 106 valence electrons. The van der Waals surface area contributed by atoms with E-state index in [1.54, 1.807) is 30.8 Å². The lowest BCUT2D eigenvalue weighted by molar-refractivity contribution is 0.0833. The summed E-state index contributed by atoms with van der Waals surface area (Å²) in [5.74, 6) is -0.0164. The van der Waals surface area contributed by atoms with Crippen molar-refractivity contribution < 1.29 is 4.79 Å². The highest BCUT2D eigenvalue weighted by Gasteiger charge is 2.24. The fourth-order valence-corrected chi connectivity index (χ4v) is 4.46. The molecule has 1 aromatic heterocycles. The fourth-order valence-electron chi connectivity index (χ4n) is 2.34. The normalized spacial score (nSPS) is 15.7. The third-order valence-corrected chi connectivity index (χ3v) is 5.48. The first kappa shape index (κ1) is 14.5. The van der Waals surface area contributed by atoms with Crippen molar-refractivity contribution in [2.45, 2.75) is 36.6 Å². The Hall–Kier alpha value is -0.880. The summed E-state index contributed by atoms with van der Waals surface area (Å²) in [6.07, 6.45) is 7.00. The van der Waals surface area contributed by atoms with Crippen molar-refractivity contribution in [3.63, 3.8) is 0 Å². The summed E-state index contributed by atoms with van der Waals surface area (Å²) in [5.41, 5.74) is 6.75. The number of carbonyl (C=O) groups is 1. The second-order valence-corrected chi connectivity index (χ2v) is 6.87. The van der Waals surface area contributed by atoms with Gasteiger partial charge in [-0.05, 0) is 19.1 Å². The predicted octanol–water partition coefficient (Wildman–Crippen LogP) is 3.11. The van der Waals surface area contributed by atoms with Gasteiger partial charge in [0.2, 0.25) is 0 Å². The zero-order valence-corrected chi connectivity index (χ0v) is 13.3. The van der Waals surface area contributed by atoms with Gasteiger partial charge in [-0.3, -0.25) is 4.79 Å². The SMILES string of the molecule is CSc1c(NC2CCCC2)sc(C(=O)N(C)C)c1N. The van der Waals surface area contributed by atoms with E-state index in [0.717, 1.165) is 9.90 Å². The maximum atomic E-state index is 12.1. The van der Waals surface area contributed by atoms with Gasteiger partial charge in [-0.25, -0.2) is 0 Å². The molecule has 6 heteroatoms. The van der Waals surface area contributed by atoms with Crippen LogP contribution in [0.2, 0.25) is 0 Å². The van der Waals surface area contributed by atoms with Gasteiger partial charge in [-0.2, -0.15) is 0 Å². The molecule has 1 aliphatic carbocycles. The summed E-state index contributed by atoms with van der Waals surface area (Å²) in [5, 5.41) is 4.62. The summed E-state index contributed by atoms with van der Waals surface area (Å²) in [4.78, 5) is 15.3. The molecule has 0 aliphatic heterocycles. The Kier molecular flexibility index (Phi) is 4.62. The zero-order valence-electron chi connectivity index (χ0n) is 11.7. The van der Waals surface area contributed by atoms with Crippen molar-refractivity contribution in [1.29, 1.82) is 0 Å². The molecule has 1 amide bonds. The van der Waals surface area contributed by atoms with Crippen molar-refractivity contribution in [3.05, 3.63) is 4.88 Å². The van der Waals surface area contributed by atoms with Crippen LogP contribution >= 0.6 is 23.1 Å². The number of thioether (sulfide) groups is 1. The molecule has 2 rings (SSSR count). The monoisotopic (exact) mass is 299 g/mol. The molecule has 4 nitrogen and oxygen atoms in total. The fraction of sp³-hybridized carbons (Fsp3) is 0.615. The first-order valence-corrected chi connectivity index (χ1v) is 8.53. The van der Waals surface area contributed by atoms with E-state index in [1.807, 2.05) is 6.26 Å². The van der Waals surface area contributed by atoms with Crippen molar-refractivity contribution in [1.82, 2.24) is 4.90 Å². The van der Waals surface area contributed by atoms with Gasteiger partial charge in [0.25, 0.3) is 5.91 Å². The molecule has 0 atom stereocenters. The van der Waals surface area contributed by atoms with Gasteiger partial charge in [-0.15, -0.1) is 23.1 Å². The van der Waals surface area contributed by atoms with Crippen molar-refractivity contribution >= 4 is 39.7 Å². The summed E-state index contributed by atoms with van der Waals surface area (Å²) in [7, 11) is 3.51. The number of nitrogens with one attached hydrogen (secondary N) is 1. The highest BCUT2D eigenvalue weighted by atomic mass is 32.2. The number of nitrogen functional groups attached to an aromatic ring is 1. The van der Waals surface area contributed by atoms with E-state index in [4.69, 9.17) is 5.73 Å². The topological polar surface area (TPSA) is 58.4 Å². The molecule has 0 saturated heterocycles. The Morgan fingerprint density at radius 2 is 2.05 bits per heavy atom. The summed E-state index contributed by atoms with van der Waals surface area (Å²) in [6.45, 7) is 0. The number of hydrogen-bond donors (Lipinski definition) is 2. The van der Waals surface area contributed by atoms with Crippen LogP contribution in [0.5, 0.6) is 0 Å². The van der Waals surface area contributed by atoms with Crippen LogP contribution in [0, 0.1) is 0 Å². The zero-order chi connectivity index (χ0) is 14.0. The van der Waals surface area contributed by atoms with E-state index >= 15 is 0 Å². The number of rotatable bonds is 4. The maximum absolute atomic E-state index is 12.1. The van der Waals surface area contributed by atoms with E-state index in [2.05, 4.69) is 5.32 Å². The third-order valence-electron chi connectivity index (χ3n) is 3.39. The van der Waals surface area contributed by atoms with Crippen molar-refractivity contribution in [2.75, 3.05) is 31.4 Å². The minimum Gasteiger partial charge on any atom is -0.396 e. The molecule has 1 fully saturated rings. The largest absolute Gasteiger partial charge is 0.396 e. The molecule has 3 N–H and O–H groups in total. The van der Waals surface area contributed by atoms with Crippen LogP contribution in [0.15, 0.2) is 4.90 Å². The molecule has 0 bridgehead atoms. The number of nitrogens with zero attached hydrogens (tertiary/aromatic N) is 1. The first-order chi connectivity index (χ1) is 9.04. The van der Waals surface area contributed by atoms with Crippen LogP contribution in [0.25, 0.3) is 0 Å². The van der Waals surface area contributed by atoms with Gasteiger partial charge >= 0.3 is 0 Å². The Morgan fingerprint density at radius 1 is 1.42 bits per heavy atom. The van der Waals surface area contributed by atoms with Gasteiger partial charge in [0.15, 0.2) is 0 Å². The standard InChI is InChI=1S/C13H21N3OS2/c1-16(2)13(17)11-9(14)10(18-3)12(19-11)15-8-6-4-5-7-8/h8,15H,4-7,14H2,1-3H3. The van der Waals surface area contributed by atoms with E-state index in [0.29, 0.717) is 16.6 Å². The van der Waals surface area contributed by atoms with Gasteiger partial charge in [0.1, 0.15) is 9.88 Å². The number of hydrogen-bond acceptors (Lipinski definition) is 5. The van der Waals surface area contributed by atoms with E-state index < -0.39 is 0 Å². The van der Waals surface area contributed by atoms with Gasteiger partial charge in [0.05, 0.1) is 10.6 Å². The summed E-state index contributed by atoms with van der Waals surface area (Å²) >= 11 is 3.09. The van der Waals surface area contributed by atoms with Gasteiger partial charge in [0, 0.05) is 20.1 Å². The average Bonchev–Trinajstić information content (AvgIpc) is 2.97. The quantitative estimate of drug-likeness (QED) is 0.839. The Balaban J connectivity index is 2.27. The lowest BCUT2D eigenvalue weighted by atomic mass is 10.2. The lowest BCUT2D eigenvalue weighted by Crippen LogP contribution is -2.21. The summed E-state index contributed by atoms with van der Waals surface area (Å²) < 4.78 is 0. The molecule has 0 spiro atoms. The lowest BCUT2D eigenvalue weighted by Gasteiger charge is -2.12. The molecule has 1 heterocycles. The van der Waals surface area contributed by atoms with Crippen molar-refractivity contribution in [3.8, 4) is 0 Å². The highest BCUT2D eigenvalue weighted by molar-refractivity contribution is 7.99. The second-order valence-electron chi connectivity index (χ2n) is 5.03. The van der Waals surface area contributed by atoms with Crippen LogP contribution in [0.3, 0.4) is 0 Å². The molecule has 19 heavy (non-hydrogen) atoms. The second kappa shape index (κ2) is 6.05. The van der Waals surface area contributed by atoms with Crippen LogP contribution in [-0.4, -0.2) is 37.2 Å². The number of thiophene rings is 1. The van der Waals surface area contributed by atoms with Crippen LogP contribution < -0.4 is 11.1 Å². The molecule has 0 aromatic carbocycles. The van der Waals surface area contributed by atoms with Crippen LogP contribution in [-0.2, 0) is 0 Å². The Bertz CT molecular complexity index is 465. The number of nitrogens with two attached hydrogens (primary N) is 1. The van der Waals surface area contributed by atoms with Crippen LogP contribution in [0.1, 0.15) is 35.4 Å². The molecule has 0 radical (unpaired) electrons. The third kappa shape index (κ3) is 3.00. The molecule has 1 saturated carbocycles. The number of carbonyl (C=O) groups excluding carboxylic acids is 1. The first-order valence-electron chi connectivity index (χ1n) is 6.49. The minimum atomic E-state index is -0.0164. The number of amides is 1. The number of anilines is 2. The molecular weight excluding hydrogens is 278 g/mol. The Morgan fingerprint density at radius 3 is 2.58 bits per heavy atom. The van der Waals surface area contributed by atoms with Crippen LogP contribution in [0.4, 0.5) is 10.7 Å². The van der Waals surface area contributed by atoms with Crippen molar-refractivity contribution in [2.24, 2.45) is 0 Å². The smallest absolute Gasteiger partial charge is 0.265 e. The van der Waals surface area contributed by atoms with Gasteiger partial charge in [-0.1, -0.05) is 12.8 Å². The Labute approximate surface area is 122 Å². The summed E-state index contributed by atoms with van der Waals surface area (Å²) in [6, 6.07) is 0.534. The average molecular weight is 299 g/mol. The molecule has 1 aliphatic rings. The molecule has 0 unspecified atom stereocenters. The van der Waals surface area contributed by atoms with E-state index in [1.165, 1.54) is 37.0 Å². The maximum Gasteiger partial charge on any atom is 0.265 e. The minimum absolute atomic E-state index is 0.0164. The molecular formula is C13H21N3OS2. The predicted molar refractivity (Wildman–Crippen MR) is 84.4 cm³/mol. The molecule has 1 aromatic rings. The van der Waals surface area contributed by atoms with E-state index in [9.17, 15) is 4.79 Å². The highest BCUT2D eigenvalue weighted by Crippen LogP contribution is 2.43.